The molecule has 0 aliphatic heterocycles. The van der Waals surface area contributed by atoms with E-state index in [1.165, 1.54) is 12.3 Å². The first-order valence-corrected chi connectivity index (χ1v) is 8.11. The van der Waals surface area contributed by atoms with Crippen LogP contribution in [-0.2, 0) is 18.4 Å². The number of amides is 1. The lowest BCUT2D eigenvalue weighted by Gasteiger charge is -2.15. The fraction of sp³-hybridized carbons (Fsp3) is 0.150. The summed E-state index contributed by atoms with van der Waals surface area (Å²) in [6, 6.07) is 13.8. The van der Waals surface area contributed by atoms with Crippen LogP contribution in [0.2, 0.25) is 0 Å². The average Bonchev–Trinajstić information content (AvgIpc) is 2.96. The van der Waals surface area contributed by atoms with Gasteiger partial charge in [0.15, 0.2) is 0 Å². The summed E-state index contributed by atoms with van der Waals surface area (Å²) < 4.78 is 2.09. The lowest BCUT2D eigenvalue weighted by Crippen LogP contribution is -2.25. The molecule has 2 heterocycles. The highest BCUT2D eigenvalue weighted by Gasteiger charge is 2.11. The summed E-state index contributed by atoms with van der Waals surface area (Å²) in [7, 11) is 3.75. The van der Waals surface area contributed by atoms with Crippen molar-refractivity contribution >= 4 is 41.1 Å². The van der Waals surface area contributed by atoms with Crippen LogP contribution in [0.5, 0.6) is 0 Å². The van der Waals surface area contributed by atoms with Crippen molar-refractivity contribution in [2.75, 3.05) is 12.8 Å². The first-order valence-electron chi connectivity index (χ1n) is 8.11. The quantitative estimate of drug-likeness (QED) is 0.703. The van der Waals surface area contributed by atoms with Gasteiger partial charge in [0.1, 0.15) is 11.9 Å². The summed E-state index contributed by atoms with van der Waals surface area (Å²) in [5.41, 5.74) is 8.74. The van der Waals surface area contributed by atoms with E-state index < -0.39 is 0 Å². The second-order valence-electron chi connectivity index (χ2n) is 6.09. The molecule has 0 spiro atoms. The van der Waals surface area contributed by atoms with Crippen molar-refractivity contribution in [2.45, 2.75) is 6.54 Å². The van der Waals surface area contributed by atoms with Crippen LogP contribution in [0, 0.1) is 11.3 Å². The van der Waals surface area contributed by atoms with Gasteiger partial charge < -0.3 is 15.2 Å². The van der Waals surface area contributed by atoms with Crippen LogP contribution in [0.3, 0.4) is 0 Å². The Bertz CT molecular complexity index is 1050. The van der Waals surface area contributed by atoms with E-state index in [0.29, 0.717) is 17.7 Å². The first kappa shape index (κ1) is 20.0. The summed E-state index contributed by atoms with van der Waals surface area (Å²) in [6.07, 6.45) is 4.63. The van der Waals surface area contributed by atoms with E-state index in [4.69, 9.17) is 11.0 Å². The monoisotopic (exact) mass is 381 g/mol. The Morgan fingerprint density at radius 3 is 2.81 bits per heavy atom. The normalized spacial score (nSPS) is 10.6. The summed E-state index contributed by atoms with van der Waals surface area (Å²) in [5, 5.41) is 10.1. The number of aromatic nitrogens is 2. The number of nitriles is 1. The third kappa shape index (κ3) is 4.27. The maximum atomic E-state index is 12.4. The molecular formula is C20H20ClN5O. The highest BCUT2D eigenvalue weighted by Crippen LogP contribution is 2.19. The van der Waals surface area contributed by atoms with Gasteiger partial charge in [0.25, 0.3) is 0 Å². The number of nitrogens with zero attached hydrogens (tertiary/aromatic N) is 4. The predicted octanol–water partition coefficient (Wildman–Crippen LogP) is 3.12. The van der Waals surface area contributed by atoms with Gasteiger partial charge in [-0.2, -0.15) is 5.26 Å². The Morgan fingerprint density at radius 2 is 2.11 bits per heavy atom. The van der Waals surface area contributed by atoms with Crippen molar-refractivity contribution in [3.63, 3.8) is 0 Å². The highest BCUT2D eigenvalue weighted by atomic mass is 35.5. The van der Waals surface area contributed by atoms with Gasteiger partial charge in [0.2, 0.25) is 5.91 Å². The third-order valence-corrected chi connectivity index (χ3v) is 4.30. The average molecular weight is 382 g/mol. The molecule has 0 saturated carbocycles. The van der Waals surface area contributed by atoms with Gasteiger partial charge >= 0.3 is 0 Å². The van der Waals surface area contributed by atoms with Crippen molar-refractivity contribution < 1.29 is 4.79 Å². The minimum Gasteiger partial charge on any atom is -0.383 e. The first-order chi connectivity index (χ1) is 12.5. The van der Waals surface area contributed by atoms with Crippen LogP contribution in [0.4, 0.5) is 5.82 Å². The molecule has 0 unspecified atom stereocenters. The van der Waals surface area contributed by atoms with E-state index in [9.17, 15) is 4.79 Å². The number of fused-ring (bicyclic) bond motifs is 1. The molecule has 7 heteroatoms. The molecule has 0 fully saturated rings. The zero-order valence-corrected chi connectivity index (χ0v) is 15.9. The maximum Gasteiger partial charge on any atom is 0.246 e. The highest BCUT2D eigenvalue weighted by molar-refractivity contribution is 5.91. The zero-order chi connectivity index (χ0) is 18.7. The van der Waals surface area contributed by atoms with Crippen molar-refractivity contribution in [3.8, 4) is 6.07 Å². The largest absolute Gasteiger partial charge is 0.383 e. The maximum absolute atomic E-state index is 12.4. The summed E-state index contributed by atoms with van der Waals surface area (Å²) in [5.74, 6) is 0.0504. The molecule has 6 nitrogen and oxygen atoms in total. The van der Waals surface area contributed by atoms with Crippen molar-refractivity contribution in [3.05, 3.63) is 65.5 Å². The van der Waals surface area contributed by atoms with Crippen LogP contribution >= 0.6 is 12.4 Å². The van der Waals surface area contributed by atoms with E-state index >= 15 is 0 Å². The number of para-hydroxylation sites is 1. The summed E-state index contributed by atoms with van der Waals surface area (Å²) in [6.45, 7) is 0.498. The Morgan fingerprint density at radius 1 is 1.37 bits per heavy atom. The van der Waals surface area contributed by atoms with E-state index in [-0.39, 0.29) is 24.1 Å². The van der Waals surface area contributed by atoms with Crippen LogP contribution in [0.15, 0.2) is 48.7 Å². The fourth-order valence-corrected chi connectivity index (χ4v) is 2.79. The molecule has 0 atom stereocenters. The molecule has 1 amide bonds. The smallest absolute Gasteiger partial charge is 0.246 e. The number of hydrogen-bond donors (Lipinski definition) is 1. The van der Waals surface area contributed by atoms with Crippen LogP contribution in [0.1, 0.15) is 16.8 Å². The van der Waals surface area contributed by atoms with Gasteiger partial charge in [-0.1, -0.05) is 18.2 Å². The number of carbonyl (C=O) groups excluding carboxylic acids is 1. The molecule has 27 heavy (non-hydrogen) atoms. The molecule has 3 aromatic rings. The molecule has 138 valence electrons. The third-order valence-electron chi connectivity index (χ3n) is 4.30. The van der Waals surface area contributed by atoms with Crippen LogP contribution < -0.4 is 5.73 Å². The van der Waals surface area contributed by atoms with Gasteiger partial charge in [0.05, 0.1) is 12.1 Å². The number of pyridine rings is 1. The molecule has 0 aliphatic carbocycles. The van der Waals surface area contributed by atoms with Gasteiger partial charge in [-0.05, 0) is 35.2 Å². The van der Waals surface area contributed by atoms with E-state index in [2.05, 4.69) is 27.8 Å². The number of halogens is 1. The SMILES string of the molecule is CN(Cc1cc2ccccc2n1C)C(=O)C=Cc1cnc(N)c(C#N)c1.Cl. The number of anilines is 1. The number of carbonyl (C=O) groups is 1. The molecule has 0 saturated heterocycles. The van der Waals surface area contributed by atoms with Gasteiger partial charge in [-0.15, -0.1) is 12.4 Å². The molecular weight excluding hydrogens is 362 g/mol. The second kappa shape index (κ2) is 8.39. The van der Waals surface area contributed by atoms with Gasteiger partial charge in [-0.25, -0.2) is 4.98 Å². The van der Waals surface area contributed by atoms with E-state index in [0.717, 1.165) is 16.6 Å². The Kier molecular flexibility index (Phi) is 6.22. The minimum atomic E-state index is -0.134. The molecule has 0 aliphatic rings. The Hall–Kier alpha value is -3.30. The van der Waals surface area contributed by atoms with E-state index in [1.807, 2.05) is 25.2 Å². The number of benzene rings is 1. The molecule has 2 aromatic heterocycles. The number of hydrogen-bond acceptors (Lipinski definition) is 4. The number of aryl methyl sites for hydroxylation is 1. The molecule has 0 radical (unpaired) electrons. The lowest BCUT2D eigenvalue weighted by atomic mass is 10.2. The number of nitrogen functional groups attached to an aromatic ring is 1. The lowest BCUT2D eigenvalue weighted by molar-refractivity contribution is -0.125. The molecule has 2 N–H and O–H groups in total. The zero-order valence-electron chi connectivity index (χ0n) is 15.1. The number of nitrogens with two attached hydrogens (primary N) is 1. The van der Waals surface area contributed by atoms with Gasteiger partial charge in [0, 0.05) is 37.6 Å². The van der Waals surface area contributed by atoms with Crippen LogP contribution in [0.25, 0.3) is 17.0 Å². The molecule has 3 rings (SSSR count). The Labute approximate surface area is 163 Å². The topological polar surface area (TPSA) is 87.9 Å². The van der Waals surface area contributed by atoms with Crippen molar-refractivity contribution in [1.29, 1.82) is 5.26 Å². The van der Waals surface area contributed by atoms with Crippen LogP contribution in [-0.4, -0.2) is 27.4 Å². The fourth-order valence-electron chi connectivity index (χ4n) is 2.79. The Balaban J connectivity index is 0.00000261. The predicted molar refractivity (Wildman–Crippen MR) is 109 cm³/mol. The van der Waals surface area contributed by atoms with Crippen molar-refractivity contribution in [2.24, 2.45) is 7.05 Å². The van der Waals surface area contributed by atoms with Gasteiger partial charge in [-0.3, -0.25) is 4.79 Å². The summed E-state index contributed by atoms with van der Waals surface area (Å²) in [4.78, 5) is 18.0. The van der Waals surface area contributed by atoms with E-state index in [1.54, 1.807) is 24.1 Å². The number of rotatable bonds is 4. The number of likely N-dealkylation sites (N-methyl/N-ethyl adjacent to an activating group) is 1. The second-order valence-corrected chi connectivity index (χ2v) is 6.09. The van der Waals surface area contributed by atoms with Crippen molar-refractivity contribution in [1.82, 2.24) is 14.5 Å². The minimum absolute atomic E-state index is 0. The molecule has 0 bridgehead atoms. The molecule has 1 aromatic carbocycles. The summed E-state index contributed by atoms with van der Waals surface area (Å²) >= 11 is 0. The standard InChI is InChI=1S/C20H19N5O.ClH/c1-24(13-17-10-15-5-3-4-6-18(15)25(17)2)19(26)8-7-14-9-16(11-21)20(22)23-12-14;/h3-10,12H,13H2,1-2H3,(H2,22,23);1H.